The Balaban J connectivity index is 1.38. The van der Waals surface area contributed by atoms with Crippen molar-refractivity contribution in [1.82, 2.24) is 4.98 Å². The number of ether oxygens (including phenoxy) is 1. The van der Waals surface area contributed by atoms with Crippen LogP contribution in [0.15, 0.2) is 18.2 Å². The van der Waals surface area contributed by atoms with Gasteiger partial charge in [0.2, 0.25) is 0 Å². The fourth-order valence-electron chi connectivity index (χ4n) is 4.61. The van der Waals surface area contributed by atoms with E-state index in [2.05, 4.69) is 12.0 Å². The maximum atomic E-state index is 11.0. The lowest BCUT2D eigenvalue weighted by atomic mass is 9.83. The van der Waals surface area contributed by atoms with Gasteiger partial charge in [0.05, 0.1) is 42.5 Å². The predicted octanol–water partition coefficient (Wildman–Crippen LogP) is 3.21. The highest BCUT2D eigenvalue weighted by Crippen LogP contribution is 2.43. The molecule has 1 N–H and O–H groups in total. The Morgan fingerprint density at radius 1 is 1.52 bits per heavy atom. The molecule has 0 amide bonds. The third kappa shape index (κ3) is 3.33. The molecular weight excluding hydrogens is 352 g/mol. The van der Waals surface area contributed by atoms with Gasteiger partial charge in [0, 0.05) is 18.8 Å². The van der Waals surface area contributed by atoms with E-state index in [9.17, 15) is 5.11 Å². The van der Waals surface area contributed by atoms with Gasteiger partial charge >= 0.3 is 0 Å². The maximum absolute atomic E-state index is 11.0. The number of rotatable bonds is 6. The Morgan fingerprint density at radius 2 is 2.36 bits per heavy atom. The predicted molar refractivity (Wildman–Crippen MR) is 106 cm³/mol. The summed E-state index contributed by atoms with van der Waals surface area (Å²) in [5.74, 6) is 1.31. The molecule has 134 valence electrons. The quantitative estimate of drug-likeness (QED) is 0.620. The van der Waals surface area contributed by atoms with Gasteiger partial charge in [-0.25, -0.2) is 4.98 Å². The topological polar surface area (TPSA) is 42.4 Å². The number of thiocarbonyl (C=S) groups is 1. The number of aromatic nitrogens is 1. The first-order chi connectivity index (χ1) is 11.9. The van der Waals surface area contributed by atoms with Crippen LogP contribution >= 0.6 is 23.6 Å². The molecule has 6 heteroatoms. The Kier molecular flexibility index (Phi) is 4.35. The van der Waals surface area contributed by atoms with Crippen molar-refractivity contribution in [2.75, 3.05) is 33.8 Å². The van der Waals surface area contributed by atoms with Gasteiger partial charge in [-0.2, -0.15) is 0 Å². The van der Waals surface area contributed by atoms with Gasteiger partial charge < -0.3 is 14.3 Å². The van der Waals surface area contributed by atoms with Crippen molar-refractivity contribution in [1.29, 1.82) is 0 Å². The minimum atomic E-state index is -0.516. The number of fused-ring (bicyclic) bond motifs is 3. The Morgan fingerprint density at radius 3 is 3.04 bits per heavy atom. The van der Waals surface area contributed by atoms with Gasteiger partial charge in [0.15, 0.2) is 0 Å². The number of hydrogen-bond acceptors (Lipinski definition) is 5. The molecule has 0 spiro atoms. The summed E-state index contributed by atoms with van der Waals surface area (Å²) in [6, 6.07) is 5.96. The van der Waals surface area contributed by atoms with E-state index >= 15 is 0 Å². The molecule has 0 unspecified atom stereocenters. The lowest BCUT2D eigenvalue weighted by Gasteiger charge is -2.34. The highest BCUT2D eigenvalue weighted by atomic mass is 32.1. The molecule has 2 aliphatic rings. The van der Waals surface area contributed by atoms with Crippen LogP contribution in [-0.4, -0.2) is 58.8 Å². The van der Waals surface area contributed by atoms with Gasteiger partial charge in [-0.1, -0.05) is 12.2 Å². The lowest BCUT2D eigenvalue weighted by Crippen LogP contribution is -2.49. The van der Waals surface area contributed by atoms with Gasteiger partial charge in [0.1, 0.15) is 17.9 Å². The highest BCUT2D eigenvalue weighted by Gasteiger charge is 2.57. The number of benzene rings is 1. The average molecular weight is 378 g/mol. The maximum Gasteiger partial charge on any atom is 0.122 e. The number of thiazole rings is 1. The minimum absolute atomic E-state index is 0.454. The average Bonchev–Trinajstić information content (AvgIpc) is 3.21. The fourth-order valence-corrected chi connectivity index (χ4v) is 5.97. The summed E-state index contributed by atoms with van der Waals surface area (Å²) in [7, 11) is 3.95. The second kappa shape index (κ2) is 6.27. The molecule has 25 heavy (non-hydrogen) atoms. The molecule has 2 bridgehead atoms. The van der Waals surface area contributed by atoms with Crippen molar-refractivity contribution in [3.05, 3.63) is 23.2 Å². The van der Waals surface area contributed by atoms with Gasteiger partial charge in [-0.3, -0.25) is 0 Å². The summed E-state index contributed by atoms with van der Waals surface area (Å²) in [6.45, 7) is 3.23. The second-order valence-corrected chi connectivity index (χ2v) is 9.62. The smallest absolute Gasteiger partial charge is 0.122 e. The molecule has 4 nitrogen and oxygen atoms in total. The third-order valence-corrected chi connectivity index (χ3v) is 7.29. The zero-order chi connectivity index (χ0) is 17.7. The fraction of sp³-hybridized carbons (Fsp3) is 0.579. The number of methoxy groups -OCH3 is 1. The third-order valence-electron chi connectivity index (χ3n) is 5.92. The van der Waals surface area contributed by atoms with E-state index in [4.69, 9.17) is 17.0 Å². The number of likely N-dealkylation sites (N-methyl/N-ethyl adjacent to an activating group) is 1. The molecule has 1 aromatic heterocycles. The van der Waals surface area contributed by atoms with Crippen molar-refractivity contribution in [2.24, 2.45) is 5.92 Å². The number of aliphatic hydroxyl groups is 1. The SMILES string of the molecule is COc1ccc2nc(CC(=S)CC[C@]3(O)C[N@@+]4(C)CC[C@@H]3C4)sc2c1. The summed E-state index contributed by atoms with van der Waals surface area (Å²) >= 11 is 7.29. The van der Waals surface area contributed by atoms with Gasteiger partial charge in [-0.05, 0) is 35.9 Å². The van der Waals surface area contributed by atoms with Gasteiger partial charge in [0.25, 0.3) is 0 Å². The number of hydrogen-bond donors (Lipinski definition) is 1. The van der Waals surface area contributed by atoms with E-state index in [1.165, 1.54) is 6.54 Å². The van der Waals surface area contributed by atoms with Gasteiger partial charge in [-0.15, -0.1) is 11.3 Å². The zero-order valence-electron chi connectivity index (χ0n) is 14.8. The molecular formula is C19H25N2O2S2+. The molecule has 0 radical (unpaired) electrons. The Hall–Kier alpha value is -1.08. The molecule has 4 rings (SSSR count). The molecule has 1 aromatic carbocycles. The molecule has 2 aromatic rings. The van der Waals surface area contributed by atoms with E-state index in [0.29, 0.717) is 5.92 Å². The molecule has 0 aliphatic carbocycles. The van der Waals surface area contributed by atoms with Crippen molar-refractivity contribution in [3.63, 3.8) is 0 Å². The summed E-state index contributed by atoms with van der Waals surface area (Å²) in [5.41, 5.74) is 0.485. The minimum Gasteiger partial charge on any atom is -0.497 e. The van der Waals surface area contributed by atoms with E-state index in [0.717, 1.165) is 69.1 Å². The van der Waals surface area contributed by atoms with Crippen LogP contribution in [0.25, 0.3) is 10.2 Å². The van der Waals surface area contributed by atoms with E-state index < -0.39 is 5.60 Å². The number of piperidine rings is 1. The van der Waals surface area contributed by atoms with Crippen LogP contribution in [0.5, 0.6) is 5.75 Å². The van der Waals surface area contributed by atoms with Crippen LogP contribution in [0.3, 0.4) is 0 Å². The summed E-state index contributed by atoms with van der Waals surface area (Å²) in [5, 5.41) is 12.1. The highest BCUT2D eigenvalue weighted by molar-refractivity contribution is 7.80. The van der Waals surface area contributed by atoms with Crippen LogP contribution < -0.4 is 4.74 Å². The molecule has 2 saturated heterocycles. The summed E-state index contributed by atoms with van der Waals surface area (Å²) < 4.78 is 7.44. The number of nitrogens with zero attached hydrogens (tertiary/aromatic N) is 2. The molecule has 0 saturated carbocycles. The molecule has 2 aliphatic heterocycles. The Labute approximate surface area is 158 Å². The van der Waals surface area contributed by atoms with E-state index in [1.54, 1.807) is 18.4 Å². The first kappa shape index (κ1) is 17.3. The zero-order valence-corrected chi connectivity index (χ0v) is 16.5. The van der Waals surface area contributed by atoms with E-state index in [1.807, 2.05) is 18.2 Å². The van der Waals surface area contributed by atoms with Crippen molar-refractivity contribution < 1.29 is 14.3 Å². The van der Waals surface area contributed by atoms with Crippen LogP contribution in [-0.2, 0) is 6.42 Å². The monoisotopic (exact) mass is 377 g/mol. The largest absolute Gasteiger partial charge is 0.497 e. The van der Waals surface area contributed by atoms with Crippen LogP contribution in [0.1, 0.15) is 24.3 Å². The van der Waals surface area contributed by atoms with Crippen LogP contribution in [0, 0.1) is 5.92 Å². The normalized spacial score (nSPS) is 30.9. The Bertz CT molecular complexity index is 821. The molecule has 3 atom stereocenters. The van der Waals surface area contributed by atoms with Crippen LogP contribution in [0.2, 0.25) is 0 Å². The molecule has 3 heterocycles. The van der Waals surface area contributed by atoms with Crippen molar-refractivity contribution in [2.45, 2.75) is 31.3 Å². The van der Waals surface area contributed by atoms with Crippen LogP contribution in [0.4, 0.5) is 0 Å². The van der Waals surface area contributed by atoms with E-state index in [-0.39, 0.29) is 0 Å². The van der Waals surface area contributed by atoms with Crippen molar-refractivity contribution >= 4 is 38.6 Å². The standard InChI is InChI=1S/C19H25N2O2S2/c1-21-8-6-13(11-21)19(22,12-21)7-5-15(24)10-18-20-16-4-3-14(23-2)9-17(16)25-18/h3-4,9,13,22H,5-8,10-12H2,1-2H3/q+1/t13-,19+,21+/m1/s1. The van der Waals surface area contributed by atoms with Crippen molar-refractivity contribution in [3.8, 4) is 5.75 Å². The summed E-state index contributed by atoms with van der Waals surface area (Å²) in [6.07, 6.45) is 3.48. The molecule has 2 fully saturated rings. The first-order valence-corrected chi connectivity index (χ1v) is 10.1. The lowest BCUT2D eigenvalue weighted by molar-refractivity contribution is -0.893. The summed E-state index contributed by atoms with van der Waals surface area (Å²) in [4.78, 5) is 5.68. The second-order valence-electron chi connectivity index (χ2n) is 7.93. The first-order valence-electron chi connectivity index (χ1n) is 8.90. The number of quaternary nitrogens is 1.